The minimum absolute atomic E-state index is 0.0337. The largest absolute Gasteiger partial charge is 0.491 e. The lowest BCUT2D eigenvalue weighted by atomic mass is 10.1. The highest BCUT2D eigenvalue weighted by Gasteiger charge is 2.30. The first-order valence-corrected chi connectivity index (χ1v) is 4.74. The van der Waals surface area contributed by atoms with Gasteiger partial charge in [-0.05, 0) is 18.8 Å². The number of rotatable bonds is 3. The molecule has 1 unspecified atom stereocenters. The smallest absolute Gasteiger partial charge is 0.223 e. The third-order valence-electron chi connectivity index (χ3n) is 2.61. The van der Waals surface area contributed by atoms with E-state index in [4.69, 9.17) is 10.5 Å². The normalized spacial score (nSPS) is 17.9. The monoisotopic (exact) mass is 194 g/mol. The van der Waals surface area contributed by atoms with Crippen molar-refractivity contribution in [2.75, 3.05) is 7.11 Å². The Balaban J connectivity index is 2.27. The zero-order valence-corrected chi connectivity index (χ0v) is 8.12. The molecule has 0 amide bonds. The molecule has 0 aliphatic heterocycles. The molecule has 1 aliphatic carbocycles. The Morgan fingerprint density at radius 2 is 2.36 bits per heavy atom. The molecule has 76 valence electrons. The van der Waals surface area contributed by atoms with Crippen LogP contribution in [0.3, 0.4) is 0 Å². The van der Waals surface area contributed by atoms with Crippen molar-refractivity contribution < 1.29 is 4.74 Å². The maximum absolute atomic E-state index is 11.4. The number of hydrogen-bond acceptors (Lipinski definition) is 3. The number of nitrogens with one attached hydrogen (secondary N) is 1. The summed E-state index contributed by atoms with van der Waals surface area (Å²) in [7, 11) is 1.48. The highest BCUT2D eigenvalue weighted by Crippen LogP contribution is 2.38. The number of ether oxygens (including phenoxy) is 1. The van der Waals surface area contributed by atoms with Gasteiger partial charge in [-0.15, -0.1) is 0 Å². The van der Waals surface area contributed by atoms with Crippen LogP contribution in [0.1, 0.15) is 24.6 Å². The summed E-state index contributed by atoms with van der Waals surface area (Å²) in [5.74, 6) is 0.871. The Morgan fingerprint density at radius 1 is 1.64 bits per heavy atom. The van der Waals surface area contributed by atoms with Crippen molar-refractivity contribution in [1.29, 1.82) is 0 Å². The fourth-order valence-electron chi connectivity index (χ4n) is 1.54. The van der Waals surface area contributed by atoms with E-state index >= 15 is 0 Å². The van der Waals surface area contributed by atoms with E-state index in [2.05, 4.69) is 4.98 Å². The van der Waals surface area contributed by atoms with Crippen LogP contribution in [0, 0.1) is 5.92 Å². The molecular formula is C10H14N2O2. The predicted octanol–water partition coefficient (Wildman–Crippen LogP) is 0.793. The molecule has 1 aromatic rings. The second kappa shape index (κ2) is 3.46. The molecule has 0 radical (unpaired) electrons. The third kappa shape index (κ3) is 1.65. The summed E-state index contributed by atoms with van der Waals surface area (Å²) in [4.78, 5) is 14.4. The lowest BCUT2D eigenvalue weighted by Gasteiger charge is -2.10. The van der Waals surface area contributed by atoms with Crippen molar-refractivity contribution >= 4 is 0 Å². The first kappa shape index (κ1) is 9.27. The molecule has 1 aliphatic rings. The van der Waals surface area contributed by atoms with Gasteiger partial charge in [0.2, 0.25) is 5.43 Å². The van der Waals surface area contributed by atoms with Crippen molar-refractivity contribution in [3.63, 3.8) is 0 Å². The molecule has 1 heterocycles. The summed E-state index contributed by atoms with van der Waals surface area (Å²) in [5, 5.41) is 0. The van der Waals surface area contributed by atoms with E-state index in [0.29, 0.717) is 11.7 Å². The van der Waals surface area contributed by atoms with Crippen LogP contribution in [0.25, 0.3) is 0 Å². The van der Waals surface area contributed by atoms with Gasteiger partial charge in [-0.1, -0.05) is 0 Å². The lowest BCUT2D eigenvalue weighted by Crippen LogP contribution is -2.17. The van der Waals surface area contributed by atoms with E-state index in [1.165, 1.54) is 13.2 Å². The Bertz CT molecular complexity index is 382. The minimum Gasteiger partial charge on any atom is -0.491 e. The van der Waals surface area contributed by atoms with E-state index < -0.39 is 0 Å². The highest BCUT2D eigenvalue weighted by atomic mass is 16.5. The average molecular weight is 194 g/mol. The first-order valence-electron chi connectivity index (χ1n) is 4.74. The number of H-pyrrole nitrogens is 1. The standard InChI is InChI=1S/C10H14N2O2/c1-14-9-5-12-7(4-8(9)13)10(11)6-2-3-6/h4-6,10H,2-3,11H2,1H3,(H,12,13). The van der Waals surface area contributed by atoms with Gasteiger partial charge in [0.25, 0.3) is 0 Å². The van der Waals surface area contributed by atoms with Crippen LogP contribution < -0.4 is 15.9 Å². The van der Waals surface area contributed by atoms with Crippen LogP contribution in [-0.4, -0.2) is 12.1 Å². The van der Waals surface area contributed by atoms with Gasteiger partial charge in [0, 0.05) is 24.0 Å². The van der Waals surface area contributed by atoms with Crippen LogP contribution in [0.15, 0.2) is 17.1 Å². The Kier molecular flexibility index (Phi) is 2.29. The van der Waals surface area contributed by atoms with Crippen molar-refractivity contribution in [2.45, 2.75) is 18.9 Å². The fraction of sp³-hybridized carbons (Fsp3) is 0.500. The number of aromatic amines is 1. The molecular weight excluding hydrogens is 180 g/mol. The van der Waals surface area contributed by atoms with Crippen LogP contribution in [0.2, 0.25) is 0 Å². The second-order valence-corrected chi connectivity index (χ2v) is 3.68. The first-order chi connectivity index (χ1) is 6.72. The van der Waals surface area contributed by atoms with Crippen LogP contribution >= 0.6 is 0 Å². The van der Waals surface area contributed by atoms with Gasteiger partial charge in [-0.2, -0.15) is 0 Å². The van der Waals surface area contributed by atoms with Gasteiger partial charge in [0.05, 0.1) is 7.11 Å². The summed E-state index contributed by atoms with van der Waals surface area (Å²) < 4.78 is 4.87. The molecule has 2 rings (SSSR count). The second-order valence-electron chi connectivity index (χ2n) is 3.68. The Hall–Kier alpha value is -1.29. The predicted molar refractivity (Wildman–Crippen MR) is 53.3 cm³/mol. The molecule has 3 N–H and O–H groups in total. The zero-order chi connectivity index (χ0) is 10.1. The highest BCUT2D eigenvalue weighted by molar-refractivity contribution is 5.22. The lowest BCUT2D eigenvalue weighted by molar-refractivity contribution is 0.408. The molecule has 0 aromatic carbocycles. The van der Waals surface area contributed by atoms with Gasteiger partial charge in [-0.3, -0.25) is 4.79 Å². The molecule has 1 saturated carbocycles. The summed E-state index contributed by atoms with van der Waals surface area (Å²) in [6, 6.07) is 1.50. The molecule has 4 nitrogen and oxygen atoms in total. The van der Waals surface area contributed by atoms with Crippen molar-refractivity contribution in [3.05, 3.63) is 28.2 Å². The SMILES string of the molecule is COc1c[nH]c(C(N)C2CC2)cc1=O. The fourth-order valence-corrected chi connectivity index (χ4v) is 1.54. The third-order valence-corrected chi connectivity index (χ3v) is 2.61. The van der Waals surface area contributed by atoms with Gasteiger partial charge in [-0.25, -0.2) is 0 Å². The van der Waals surface area contributed by atoms with E-state index in [1.807, 2.05) is 0 Å². The molecule has 4 heteroatoms. The summed E-state index contributed by atoms with van der Waals surface area (Å²) >= 11 is 0. The van der Waals surface area contributed by atoms with Gasteiger partial charge in [0.1, 0.15) is 0 Å². The molecule has 1 aromatic heterocycles. The number of aromatic nitrogens is 1. The molecule has 0 spiro atoms. The topological polar surface area (TPSA) is 68.1 Å². The molecule has 0 saturated heterocycles. The van der Waals surface area contributed by atoms with Crippen LogP contribution in [0.4, 0.5) is 0 Å². The van der Waals surface area contributed by atoms with Crippen LogP contribution in [0.5, 0.6) is 5.75 Å². The maximum atomic E-state index is 11.4. The minimum atomic E-state index is -0.114. The van der Waals surface area contributed by atoms with Gasteiger partial charge < -0.3 is 15.5 Å². The van der Waals surface area contributed by atoms with E-state index in [0.717, 1.165) is 18.5 Å². The number of pyridine rings is 1. The summed E-state index contributed by atoms with van der Waals surface area (Å²) in [6.07, 6.45) is 3.89. The van der Waals surface area contributed by atoms with E-state index in [9.17, 15) is 4.79 Å². The molecule has 14 heavy (non-hydrogen) atoms. The van der Waals surface area contributed by atoms with Gasteiger partial charge in [0.15, 0.2) is 5.75 Å². The molecule has 1 fully saturated rings. The van der Waals surface area contributed by atoms with Crippen molar-refractivity contribution in [2.24, 2.45) is 11.7 Å². The zero-order valence-electron chi connectivity index (χ0n) is 8.12. The summed E-state index contributed by atoms with van der Waals surface area (Å²) in [5.41, 5.74) is 6.64. The van der Waals surface area contributed by atoms with E-state index in [-0.39, 0.29) is 11.5 Å². The summed E-state index contributed by atoms with van der Waals surface area (Å²) in [6.45, 7) is 0. The van der Waals surface area contributed by atoms with E-state index in [1.54, 1.807) is 6.20 Å². The van der Waals surface area contributed by atoms with Crippen molar-refractivity contribution in [3.8, 4) is 5.75 Å². The number of methoxy groups -OCH3 is 1. The quantitative estimate of drug-likeness (QED) is 0.747. The van der Waals surface area contributed by atoms with Gasteiger partial charge >= 0.3 is 0 Å². The number of nitrogens with two attached hydrogens (primary N) is 1. The maximum Gasteiger partial charge on any atom is 0.223 e. The average Bonchev–Trinajstić information content (AvgIpc) is 3.00. The number of hydrogen-bond donors (Lipinski definition) is 2. The Morgan fingerprint density at radius 3 is 2.86 bits per heavy atom. The Labute approximate surface area is 82.1 Å². The molecule has 0 bridgehead atoms. The molecule has 1 atom stereocenters. The van der Waals surface area contributed by atoms with Crippen LogP contribution in [-0.2, 0) is 0 Å². The van der Waals surface area contributed by atoms with Crippen molar-refractivity contribution in [1.82, 2.24) is 4.98 Å².